The fourth-order valence-electron chi connectivity index (χ4n) is 3.46. The number of carbonyl (C=O) groups excluding carboxylic acids is 2. The van der Waals surface area contributed by atoms with E-state index < -0.39 is 0 Å². The molecule has 1 atom stereocenters. The van der Waals surface area contributed by atoms with Gasteiger partial charge in [-0.2, -0.15) is 0 Å². The van der Waals surface area contributed by atoms with Crippen molar-refractivity contribution in [2.24, 2.45) is 11.7 Å². The van der Waals surface area contributed by atoms with E-state index in [-0.39, 0.29) is 37.3 Å². The lowest BCUT2D eigenvalue weighted by atomic mass is 9.83. The van der Waals surface area contributed by atoms with Crippen LogP contribution in [-0.2, 0) is 9.59 Å². The lowest BCUT2D eigenvalue weighted by Gasteiger charge is -2.34. The molecule has 1 unspecified atom stereocenters. The molecule has 2 fully saturated rings. The third-order valence-electron chi connectivity index (χ3n) is 4.44. The monoisotopic (exact) mass is 303 g/mol. The average Bonchev–Trinajstić information content (AvgIpc) is 2.94. The van der Waals surface area contributed by atoms with E-state index in [9.17, 15) is 9.59 Å². The zero-order valence-electron chi connectivity index (χ0n) is 12.0. The standard InChI is InChI=1S/C14H25N3O2.ClH/c15-9-13(18)16-10-14(19)17-8-4-7-12(17)11-5-2-1-3-6-11;/h11-12H,1-10,15H2,(H,16,18);1H. The summed E-state index contributed by atoms with van der Waals surface area (Å²) in [5.41, 5.74) is 5.22. The zero-order valence-corrected chi connectivity index (χ0v) is 12.8. The second kappa shape index (κ2) is 8.47. The predicted molar refractivity (Wildman–Crippen MR) is 80.6 cm³/mol. The fraction of sp³-hybridized carbons (Fsp3) is 0.857. The van der Waals surface area contributed by atoms with Crippen LogP contribution in [0.25, 0.3) is 0 Å². The number of nitrogens with one attached hydrogen (secondary N) is 1. The van der Waals surface area contributed by atoms with Gasteiger partial charge in [-0.3, -0.25) is 9.59 Å². The van der Waals surface area contributed by atoms with Gasteiger partial charge in [0.1, 0.15) is 0 Å². The Bertz CT molecular complexity index is 332. The molecule has 0 aromatic heterocycles. The number of amides is 2. The fourth-order valence-corrected chi connectivity index (χ4v) is 3.46. The highest BCUT2D eigenvalue weighted by atomic mass is 35.5. The van der Waals surface area contributed by atoms with Crippen molar-refractivity contribution < 1.29 is 9.59 Å². The van der Waals surface area contributed by atoms with Gasteiger partial charge in [0.25, 0.3) is 0 Å². The minimum atomic E-state index is -0.262. The minimum absolute atomic E-state index is 0. The Hall–Kier alpha value is -0.810. The van der Waals surface area contributed by atoms with Gasteiger partial charge in [0.15, 0.2) is 0 Å². The van der Waals surface area contributed by atoms with E-state index in [1.54, 1.807) is 0 Å². The molecule has 0 radical (unpaired) electrons. The molecule has 1 aliphatic carbocycles. The topological polar surface area (TPSA) is 75.4 Å². The van der Waals surface area contributed by atoms with Crippen LogP contribution in [0.1, 0.15) is 44.9 Å². The SMILES string of the molecule is Cl.NCC(=O)NCC(=O)N1CCCC1C1CCCCC1. The molecule has 2 amide bonds. The minimum Gasteiger partial charge on any atom is -0.346 e. The molecule has 0 spiro atoms. The van der Waals surface area contributed by atoms with Gasteiger partial charge in [-0.15, -0.1) is 12.4 Å². The molecule has 0 aromatic rings. The van der Waals surface area contributed by atoms with Crippen LogP contribution in [0.4, 0.5) is 0 Å². The maximum Gasteiger partial charge on any atom is 0.242 e. The van der Waals surface area contributed by atoms with Gasteiger partial charge in [-0.05, 0) is 31.6 Å². The molecule has 2 rings (SSSR count). The van der Waals surface area contributed by atoms with Crippen molar-refractivity contribution in [1.29, 1.82) is 0 Å². The molecule has 2 aliphatic rings. The quantitative estimate of drug-likeness (QED) is 0.815. The summed E-state index contributed by atoms with van der Waals surface area (Å²) in [5.74, 6) is 0.460. The largest absolute Gasteiger partial charge is 0.346 e. The Balaban J connectivity index is 0.00000200. The van der Waals surface area contributed by atoms with Gasteiger partial charge < -0.3 is 16.0 Å². The molecular formula is C14H26ClN3O2. The average molecular weight is 304 g/mol. The molecule has 0 aromatic carbocycles. The molecular weight excluding hydrogens is 278 g/mol. The molecule has 3 N–H and O–H groups in total. The number of nitrogens with zero attached hydrogens (tertiary/aromatic N) is 1. The van der Waals surface area contributed by atoms with Gasteiger partial charge in [0.05, 0.1) is 13.1 Å². The summed E-state index contributed by atoms with van der Waals surface area (Å²) in [5, 5.41) is 2.58. The summed E-state index contributed by atoms with van der Waals surface area (Å²) >= 11 is 0. The first-order valence-corrected chi connectivity index (χ1v) is 7.48. The van der Waals surface area contributed by atoms with E-state index in [0.29, 0.717) is 12.0 Å². The zero-order chi connectivity index (χ0) is 13.7. The molecule has 1 heterocycles. The molecule has 1 saturated heterocycles. The summed E-state index contributed by atoms with van der Waals surface area (Å²) in [4.78, 5) is 25.3. The summed E-state index contributed by atoms with van der Waals surface area (Å²) in [7, 11) is 0. The number of hydrogen-bond acceptors (Lipinski definition) is 3. The first kappa shape index (κ1) is 17.2. The van der Waals surface area contributed by atoms with Crippen LogP contribution in [0.2, 0.25) is 0 Å². The van der Waals surface area contributed by atoms with E-state index in [0.717, 1.165) is 19.4 Å². The Morgan fingerprint density at radius 3 is 2.45 bits per heavy atom. The van der Waals surface area contributed by atoms with Crippen molar-refractivity contribution in [1.82, 2.24) is 10.2 Å². The Kier molecular flexibility index (Phi) is 7.30. The van der Waals surface area contributed by atoms with Crippen LogP contribution in [-0.4, -0.2) is 42.4 Å². The van der Waals surface area contributed by atoms with E-state index in [1.165, 1.54) is 32.1 Å². The number of nitrogens with two attached hydrogens (primary N) is 1. The van der Waals surface area contributed by atoms with Crippen molar-refractivity contribution in [2.75, 3.05) is 19.6 Å². The second-order valence-electron chi connectivity index (χ2n) is 5.68. The molecule has 20 heavy (non-hydrogen) atoms. The highest BCUT2D eigenvalue weighted by Gasteiger charge is 2.34. The molecule has 6 heteroatoms. The van der Waals surface area contributed by atoms with E-state index in [2.05, 4.69) is 5.32 Å². The van der Waals surface area contributed by atoms with Crippen LogP contribution in [0, 0.1) is 5.92 Å². The number of halogens is 1. The van der Waals surface area contributed by atoms with Crippen molar-refractivity contribution in [3.8, 4) is 0 Å². The van der Waals surface area contributed by atoms with E-state index >= 15 is 0 Å². The third-order valence-corrected chi connectivity index (χ3v) is 4.44. The second-order valence-corrected chi connectivity index (χ2v) is 5.68. The van der Waals surface area contributed by atoms with Gasteiger partial charge >= 0.3 is 0 Å². The van der Waals surface area contributed by atoms with Crippen LogP contribution >= 0.6 is 12.4 Å². The maximum absolute atomic E-state index is 12.2. The van der Waals surface area contributed by atoms with Gasteiger partial charge in [0.2, 0.25) is 11.8 Å². The number of hydrogen-bond donors (Lipinski definition) is 2. The Morgan fingerprint density at radius 1 is 1.10 bits per heavy atom. The highest BCUT2D eigenvalue weighted by molar-refractivity contribution is 5.86. The first-order chi connectivity index (χ1) is 9.22. The van der Waals surface area contributed by atoms with Crippen LogP contribution in [0.3, 0.4) is 0 Å². The predicted octanol–water partition coefficient (Wildman–Crippen LogP) is 1.05. The lowest BCUT2D eigenvalue weighted by Crippen LogP contribution is -2.46. The number of rotatable bonds is 4. The highest BCUT2D eigenvalue weighted by Crippen LogP contribution is 2.34. The first-order valence-electron chi connectivity index (χ1n) is 7.48. The number of carbonyl (C=O) groups is 2. The van der Waals surface area contributed by atoms with E-state index in [4.69, 9.17) is 5.73 Å². The summed E-state index contributed by atoms with van der Waals surface area (Å²) in [6, 6.07) is 0.405. The van der Waals surface area contributed by atoms with Gasteiger partial charge in [-0.25, -0.2) is 0 Å². The molecule has 116 valence electrons. The molecule has 5 nitrogen and oxygen atoms in total. The lowest BCUT2D eigenvalue weighted by molar-refractivity contribution is -0.134. The van der Waals surface area contributed by atoms with Gasteiger partial charge in [-0.1, -0.05) is 19.3 Å². The Labute approximate surface area is 127 Å². The summed E-state index contributed by atoms with van der Waals surface area (Å²) in [6.45, 7) is 0.886. The molecule has 1 aliphatic heterocycles. The van der Waals surface area contributed by atoms with E-state index in [1.807, 2.05) is 4.90 Å². The van der Waals surface area contributed by atoms with Crippen LogP contribution < -0.4 is 11.1 Å². The number of likely N-dealkylation sites (tertiary alicyclic amines) is 1. The normalized spacial score (nSPS) is 23.2. The van der Waals surface area contributed by atoms with Gasteiger partial charge in [0, 0.05) is 12.6 Å². The van der Waals surface area contributed by atoms with Crippen LogP contribution in [0.15, 0.2) is 0 Å². The van der Waals surface area contributed by atoms with Crippen molar-refractivity contribution in [3.05, 3.63) is 0 Å². The summed E-state index contributed by atoms with van der Waals surface area (Å²) in [6.07, 6.45) is 8.66. The summed E-state index contributed by atoms with van der Waals surface area (Å²) < 4.78 is 0. The molecule has 1 saturated carbocycles. The van der Waals surface area contributed by atoms with Crippen molar-refractivity contribution >= 4 is 24.2 Å². The third kappa shape index (κ3) is 4.35. The molecule has 0 bridgehead atoms. The maximum atomic E-state index is 12.2. The van der Waals surface area contributed by atoms with Crippen molar-refractivity contribution in [3.63, 3.8) is 0 Å². The Morgan fingerprint density at radius 2 is 1.80 bits per heavy atom. The van der Waals surface area contributed by atoms with Crippen molar-refractivity contribution in [2.45, 2.75) is 51.0 Å². The van der Waals surface area contributed by atoms with Crippen LogP contribution in [0.5, 0.6) is 0 Å². The smallest absolute Gasteiger partial charge is 0.242 e.